The van der Waals surface area contributed by atoms with Gasteiger partial charge in [0.2, 0.25) is 0 Å². The fourth-order valence-corrected chi connectivity index (χ4v) is 1.57. The summed E-state index contributed by atoms with van der Waals surface area (Å²) in [6.45, 7) is 1.98. The molecule has 2 aromatic rings. The zero-order valence-corrected chi connectivity index (χ0v) is 7.51. The Balaban J connectivity index is 2.43. The predicted molar refractivity (Wildman–Crippen MR) is 50.1 cm³/mol. The lowest BCUT2D eigenvalue weighted by Crippen LogP contribution is -1.86. The zero-order chi connectivity index (χ0) is 8.39. The number of thiophene rings is 1. The average molecular weight is 176 g/mol. The van der Waals surface area contributed by atoms with Gasteiger partial charge < -0.3 is 0 Å². The molecule has 0 saturated carbocycles. The van der Waals surface area contributed by atoms with E-state index in [0.29, 0.717) is 0 Å². The van der Waals surface area contributed by atoms with Gasteiger partial charge in [0.25, 0.3) is 0 Å². The molecule has 0 bridgehead atoms. The van der Waals surface area contributed by atoms with Gasteiger partial charge in [-0.1, -0.05) is 0 Å². The van der Waals surface area contributed by atoms with Crippen LogP contribution in [0.3, 0.4) is 0 Å². The van der Waals surface area contributed by atoms with Gasteiger partial charge in [0.1, 0.15) is 0 Å². The highest BCUT2D eigenvalue weighted by Crippen LogP contribution is 2.16. The molecule has 0 unspecified atom stereocenters. The number of rotatable bonds is 1. The molecule has 0 saturated heterocycles. The minimum absolute atomic E-state index is 0.807. The summed E-state index contributed by atoms with van der Waals surface area (Å²) in [5.74, 6) is 0.807. The van der Waals surface area contributed by atoms with Crippen LogP contribution < -0.4 is 0 Å². The van der Waals surface area contributed by atoms with Crippen molar-refractivity contribution in [2.75, 3.05) is 0 Å². The van der Waals surface area contributed by atoms with Gasteiger partial charge in [-0.25, -0.2) is 9.97 Å². The maximum atomic E-state index is 4.22. The molecule has 2 rings (SSSR count). The van der Waals surface area contributed by atoms with Gasteiger partial charge in [0.05, 0.1) is 0 Å². The van der Waals surface area contributed by atoms with E-state index in [0.717, 1.165) is 17.0 Å². The number of nitrogens with zero attached hydrogens (tertiary/aromatic N) is 2. The smallest absolute Gasteiger partial charge is 0.159 e. The van der Waals surface area contributed by atoms with Crippen LogP contribution in [0.2, 0.25) is 0 Å². The van der Waals surface area contributed by atoms with E-state index in [2.05, 4.69) is 9.97 Å². The number of aryl methyl sites for hydroxylation is 1. The molecule has 0 atom stereocenters. The lowest BCUT2D eigenvalue weighted by molar-refractivity contribution is 1.14. The van der Waals surface area contributed by atoms with E-state index in [-0.39, 0.29) is 0 Å². The molecule has 0 radical (unpaired) electrons. The Labute approximate surface area is 74.9 Å². The van der Waals surface area contributed by atoms with Gasteiger partial charge in [-0.05, 0) is 23.9 Å². The maximum absolute atomic E-state index is 4.22. The summed E-state index contributed by atoms with van der Waals surface area (Å²) < 4.78 is 0. The fraction of sp³-hybridized carbons (Fsp3) is 0.111. The molecule has 0 N–H and O–H groups in total. The molecule has 0 aliphatic carbocycles. The Morgan fingerprint density at radius 1 is 1.25 bits per heavy atom. The third-order valence-electron chi connectivity index (χ3n) is 1.56. The third-order valence-corrected chi connectivity index (χ3v) is 2.24. The Bertz CT molecular complexity index is 351. The van der Waals surface area contributed by atoms with Crippen LogP contribution in [0.5, 0.6) is 0 Å². The molecule has 2 heterocycles. The largest absolute Gasteiger partial charge is 0.236 e. The third kappa shape index (κ3) is 1.36. The van der Waals surface area contributed by atoms with Gasteiger partial charge in [-0.2, -0.15) is 11.3 Å². The quantitative estimate of drug-likeness (QED) is 0.667. The Hall–Kier alpha value is -1.22. The Morgan fingerprint density at radius 2 is 2.00 bits per heavy atom. The topological polar surface area (TPSA) is 25.8 Å². The summed E-state index contributed by atoms with van der Waals surface area (Å²) in [4.78, 5) is 8.43. The molecule has 2 nitrogen and oxygen atoms in total. The van der Waals surface area contributed by atoms with Crippen molar-refractivity contribution in [1.29, 1.82) is 0 Å². The lowest BCUT2D eigenvalue weighted by Gasteiger charge is -1.94. The second-order valence-corrected chi connectivity index (χ2v) is 3.38. The molecule has 0 aliphatic rings. The maximum Gasteiger partial charge on any atom is 0.159 e. The molecule has 2 aromatic heterocycles. The average Bonchev–Trinajstić information content (AvgIpc) is 2.58. The lowest BCUT2D eigenvalue weighted by atomic mass is 10.3. The molecular formula is C9H8N2S. The van der Waals surface area contributed by atoms with E-state index in [1.54, 1.807) is 11.3 Å². The van der Waals surface area contributed by atoms with E-state index in [9.17, 15) is 0 Å². The van der Waals surface area contributed by atoms with Crippen LogP contribution in [0, 0.1) is 6.92 Å². The van der Waals surface area contributed by atoms with Crippen molar-refractivity contribution >= 4 is 11.3 Å². The van der Waals surface area contributed by atoms with Crippen LogP contribution in [-0.2, 0) is 0 Å². The van der Waals surface area contributed by atoms with Crippen molar-refractivity contribution in [2.24, 2.45) is 0 Å². The van der Waals surface area contributed by atoms with Gasteiger partial charge in [0.15, 0.2) is 5.82 Å². The van der Waals surface area contributed by atoms with Crippen LogP contribution in [0.1, 0.15) is 5.56 Å². The summed E-state index contributed by atoms with van der Waals surface area (Å²) >= 11 is 1.66. The summed E-state index contributed by atoms with van der Waals surface area (Å²) in [5, 5.41) is 4.07. The minimum atomic E-state index is 0.807. The zero-order valence-electron chi connectivity index (χ0n) is 6.69. The molecule has 0 fully saturated rings. The normalized spacial score (nSPS) is 10.1. The van der Waals surface area contributed by atoms with Crippen molar-refractivity contribution in [3.63, 3.8) is 0 Å². The first kappa shape index (κ1) is 7.43. The molecule has 0 spiro atoms. The van der Waals surface area contributed by atoms with Crippen LogP contribution in [0.15, 0.2) is 29.2 Å². The Morgan fingerprint density at radius 3 is 2.58 bits per heavy atom. The Kier molecular flexibility index (Phi) is 1.87. The highest BCUT2D eigenvalue weighted by atomic mass is 32.1. The summed E-state index contributed by atoms with van der Waals surface area (Å²) in [7, 11) is 0. The summed E-state index contributed by atoms with van der Waals surface area (Å²) in [5.41, 5.74) is 2.19. The van der Waals surface area contributed by atoms with Crippen LogP contribution in [-0.4, -0.2) is 9.97 Å². The van der Waals surface area contributed by atoms with E-state index in [4.69, 9.17) is 0 Å². The molecule has 3 heteroatoms. The highest BCUT2D eigenvalue weighted by molar-refractivity contribution is 7.08. The molecule has 0 aliphatic heterocycles. The standard InChI is InChI=1S/C9H8N2S/c1-7-4-10-9(11-5-7)8-2-3-12-6-8/h2-6H,1H3. The minimum Gasteiger partial charge on any atom is -0.236 e. The second-order valence-electron chi connectivity index (χ2n) is 2.60. The SMILES string of the molecule is Cc1cnc(-c2ccsc2)nc1. The van der Waals surface area contributed by atoms with Crippen molar-refractivity contribution in [3.8, 4) is 11.4 Å². The number of aromatic nitrogens is 2. The predicted octanol–water partition coefficient (Wildman–Crippen LogP) is 2.51. The summed E-state index contributed by atoms with van der Waals surface area (Å²) in [6.07, 6.45) is 3.67. The van der Waals surface area contributed by atoms with Gasteiger partial charge >= 0.3 is 0 Å². The van der Waals surface area contributed by atoms with E-state index < -0.39 is 0 Å². The number of hydrogen-bond donors (Lipinski definition) is 0. The molecular weight excluding hydrogens is 168 g/mol. The summed E-state index contributed by atoms with van der Waals surface area (Å²) in [6, 6.07) is 2.02. The van der Waals surface area contributed by atoms with E-state index in [1.807, 2.05) is 36.1 Å². The van der Waals surface area contributed by atoms with E-state index in [1.165, 1.54) is 0 Å². The first-order valence-corrected chi connectivity index (χ1v) is 4.62. The molecule has 0 aromatic carbocycles. The van der Waals surface area contributed by atoms with Crippen molar-refractivity contribution in [3.05, 3.63) is 34.8 Å². The monoisotopic (exact) mass is 176 g/mol. The first-order valence-electron chi connectivity index (χ1n) is 3.67. The molecule has 0 amide bonds. The van der Waals surface area contributed by atoms with Crippen LogP contribution in [0.4, 0.5) is 0 Å². The highest BCUT2D eigenvalue weighted by Gasteiger charge is 1.98. The van der Waals surface area contributed by atoms with Crippen LogP contribution >= 0.6 is 11.3 Å². The van der Waals surface area contributed by atoms with Crippen molar-refractivity contribution < 1.29 is 0 Å². The van der Waals surface area contributed by atoms with E-state index >= 15 is 0 Å². The van der Waals surface area contributed by atoms with Crippen LogP contribution in [0.25, 0.3) is 11.4 Å². The molecule has 60 valence electrons. The molecule has 12 heavy (non-hydrogen) atoms. The number of hydrogen-bond acceptors (Lipinski definition) is 3. The van der Waals surface area contributed by atoms with Gasteiger partial charge in [-0.3, -0.25) is 0 Å². The fourth-order valence-electron chi connectivity index (χ4n) is 0.933. The second kappa shape index (κ2) is 3.03. The van der Waals surface area contributed by atoms with Crippen molar-refractivity contribution in [2.45, 2.75) is 6.92 Å². The first-order chi connectivity index (χ1) is 5.86. The van der Waals surface area contributed by atoms with Gasteiger partial charge in [0, 0.05) is 23.3 Å². The van der Waals surface area contributed by atoms with Crippen molar-refractivity contribution in [1.82, 2.24) is 9.97 Å². The van der Waals surface area contributed by atoms with Gasteiger partial charge in [-0.15, -0.1) is 0 Å².